The Morgan fingerprint density at radius 3 is 2.03 bits per heavy atom. The maximum atomic E-state index is 13.9. The second-order valence-electron chi connectivity index (χ2n) is 11.6. The number of piperidine rings is 1. The Morgan fingerprint density at radius 1 is 1.00 bits per heavy atom. The first-order chi connectivity index (χ1) is 17.2. The molecule has 9 nitrogen and oxygen atoms in total. The van der Waals surface area contributed by atoms with Crippen molar-refractivity contribution in [3.8, 4) is 0 Å². The smallest absolute Gasteiger partial charge is 0.410 e. The van der Waals surface area contributed by atoms with Gasteiger partial charge in [-0.15, -0.1) is 0 Å². The summed E-state index contributed by atoms with van der Waals surface area (Å²) < 4.78 is 5.51. The van der Waals surface area contributed by atoms with Gasteiger partial charge < -0.3 is 25.4 Å². The molecule has 3 N–H and O–H groups in total. The summed E-state index contributed by atoms with van der Waals surface area (Å²) in [6.45, 7) is 13.4. The van der Waals surface area contributed by atoms with Crippen LogP contribution in [-0.4, -0.2) is 64.7 Å². The van der Waals surface area contributed by atoms with Gasteiger partial charge in [-0.3, -0.25) is 9.59 Å². The van der Waals surface area contributed by atoms with E-state index in [4.69, 9.17) is 4.74 Å². The minimum absolute atomic E-state index is 0.0834. The van der Waals surface area contributed by atoms with E-state index < -0.39 is 41.1 Å². The Hall–Kier alpha value is -3.10. The van der Waals surface area contributed by atoms with Gasteiger partial charge in [0.25, 0.3) is 0 Å². The fourth-order valence-corrected chi connectivity index (χ4v) is 4.57. The van der Waals surface area contributed by atoms with Crippen LogP contribution in [0.4, 0.5) is 4.79 Å². The molecule has 0 spiro atoms. The van der Waals surface area contributed by atoms with Gasteiger partial charge in [0, 0.05) is 13.1 Å². The number of hydrogen-bond donors (Lipinski definition) is 3. The van der Waals surface area contributed by atoms with E-state index in [1.807, 2.05) is 65.0 Å². The second kappa shape index (κ2) is 12.4. The van der Waals surface area contributed by atoms with Gasteiger partial charge in [-0.05, 0) is 57.4 Å². The minimum atomic E-state index is -1.12. The number of carbonyl (C=O) groups excluding carboxylic acids is 3. The topological polar surface area (TPSA) is 125 Å². The molecule has 0 aliphatic carbocycles. The van der Waals surface area contributed by atoms with Crippen molar-refractivity contribution >= 4 is 23.9 Å². The van der Waals surface area contributed by atoms with Crippen molar-refractivity contribution < 1.29 is 29.0 Å². The number of amides is 3. The zero-order valence-corrected chi connectivity index (χ0v) is 23.2. The average Bonchev–Trinajstić information content (AvgIpc) is 2.80. The van der Waals surface area contributed by atoms with Gasteiger partial charge >= 0.3 is 12.1 Å². The highest BCUT2D eigenvalue weighted by molar-refractivity contribution is 5.94. The molecule has 3 amide bonds. The number of carbonyl (C=O) groups is 4. The van der Waals surface area contributed by atoms with Crippen LogP contribution in [0, 0.1) is 11.8 Å². The van der Waals surface area contributed by atoms with Crippen molar-refractivity contribution in [3.05, 3.63) is 35.9 Å². The van der Waals surface area contributed by atoms with Crippen LogP contribution in [0.3, 0.4) is 0 Å². The lowest BCUT2D eigenvalue weighted by atomic mass is 9.71. The second-order valence-corrected chi connectivity index (χ2v) is 11.6. The maximum absolute atomic E-state index is 13.9. The Kier molecular flexibility index (Phi) is 10.1. The van der Waals surface area contributed by atoms with Crippen LogP contribution in [-0.2, 0) is 24.5 Å². The summed E-state index contributed by atoms with van der Waals surface area (Å²) in [6, 6.07) is 7.43. The van der Waals surface area contributed by atoms with Crippen LogP contribution in [0.2, 0.25) is 0 Å². The van der Waals surface area contributed by atoms with E-state index >= 15 is 0 Å². The monoisotopic (exact) mass is 517 g/mol. The summed E-state index contributed by atoms with van der Waals surface area (Å²) in [5.74, 6) is -2.17. The molecule has 206 valence electrons. The van der Waals surface area contributed by atoms with Gasteiger partial charge in [-0.2, -0.15) is 0 Å². The average molecular weight is 518 g/mol. The first kappa shape index (κ1) is 30.1. The fraction of sp³-hybridized carbons (Fsp3) is 0.643. The van der Waals surface area contributed by atoms with Crippen LogP contribution in [0.15, 0.2) is 30.3 Å². The van der Waals surface area contributed by atoms with Crippen molar-refractivity contribution in [2.75, 3.05) is 13.1 Å². The van der Waals surface area contributed by atoms with Gasteiger partial charge in [-0.25, -0.2) is 9.59 Å². The first-order valence-electron chi connectivity index (χ1n) is 13.0. The van der Waals surface area contributed by atoms with E-state index in [1.165, 1.54) is 0 Å². The number of carboxylic acids is 1. The van der Waals surface area contributed by atoms with E-state index in [-0.39, 0.29) is 17.7 Å². The van der Waals surface area contributed by atoms with Crippen molar-refractivity contribution in [2.45, 2.75) is 90.8 Å². The number of hydrogen-bond acceptors (Lipinski definition) is 5. The standard InChI is InChI=1S/C28H43N3O6/c1-18(2)17-21(23(32)30-22(19(3)4)24(33)34)29-25(35)28(20-11-9-8-10-12-20)13-15-31(16-14-28)26(36)37-27(5,6)7/h8-12,18-19,21-22H,13-17H2,1-7H3,(H,29,35)(H,30,32)(H,33,34)/t21-,22-/m0/s1. The molecule has 1 saturated heterocycles. The molecule has 1 fully saturated rings. The summed E-state index contributed by atoms with van der Waals surface area (Å²) in [4.78, 5) is 53.0. The normalized spacial score (nSPS) is 17.2. The van der Waals surface area contributed by atoms with Gasteiger partial charge in [0.2, 0.25) is 11.8 Å². The number of nitrogens with zero attached hydrogens (tertiary/aromatic N) is 1. The molecular formula is C28H43N3O6. The lowest BCUT2D eigenvalue weighted by Crippen LogP contribution is -2.59. The Balaban J connectivity index is 2.30. The lowest BCUT2D eigenvalue weighted by molar-refractivity contribution is -0.143. The van der Waals surface area contributed by atoms with Crippen molar-refractivity contribution in [1.82, 2.24) is 15.5 Å². The van der Waals surface area contributed by atoms with Gasteiger partial charge in [0.05, 0.1) is 5.41 Å². The molecule has 0 bridgehead atoms. The molecule has 9 heteroatoms. The minimum Gasteiger partial charge on any atom is -0.480 e. The van der Waals surface area contributed by atoms with E-state index in [1.54, 1.807) is 18.7 Å². The lowest BCUT2D eigenvalue weighted by Gasteiger charge is -2.42. The molecular weight excluding hydrogens is 474 g/mol. The third kappa shape index (κ3) is 8.20. The quantitative estimate of drug-likeness (QED) is 0.459. The van der Waals surface area contributed by atoms with E-state index in [2.05, 4.69) is 10.6 Å². The highest BCUT2D eigenvalue weighted by Crippen LogP contribution is 2.36. The Bertz CT molecular complexity index is 946. The number of nitrogens with one attached hydrogen (secondary N) is 2. The third-order valence-electron chi connectivity index (χ3n) is 6.59. The van der Waals surface area contributed by atoms with Crippen molar-refractivity contribution in [2.24, 2.45) is 11.8 Å². The van der Waals surface area contributed by atoms with Crippen LogP contribution >= 0.6 is 0 Å². The molecule has 0 radical (unpaired) electrons. The van der Waals surface area contributed by atoms with Gasteiger partial charge in [0.1, 0.15) is 17.7 Å². The SMILES string of the molecule is CC(C)C[C@H](NC(=O)C1(c2ccccc2)CCN(C(=O)OC(C)(C)C)CC1)C(=O)N[C@H](C(=O)O)C(C)C. The van der Waals surface area contributed by atoms with Crippen LogP contribution < -0.4 is 10.6 Å². The Morgan fingerprint density at radius 2 is 1.57 bits per heavy atom. The molecule has 1 aliphatic rings. The summed E-state index contributed by atoms with van der Waals surface area (Å²) >= 11 is 0. The van der Waals surface area contributed by atoms with E-state index in [0.717, 1.165) is 5.56 Å². The zero-order valence-electron chi connectivity index (χ0n) is 23.2. The molecule has 1 aromatic rings. The van der Waals surface area contributed by atoms with Crippen molar-refractivity contribution in [3.63, 3.8) is 0 Å². The maximum Gasteiger partial charge on any atom is 0.410 e. The van der Waals surface area contributed by atoms with E-state index in [9.17, 15) is 24.3 Å². The van der Waals surface area contributed by atoms with Crippen LogP contribution in [0.1, 0.15) is 73.3 Å². The summed E-state index contributed by atoms with van der Waals surface area (Å²) in [5, 5.41) is 15.1. The summed E-state index contributed by atoms with van der Waals surface area (Å²) in [6.07, 6.45) is 0.667. The largest absolute Gasteiger partial charge is 0.480 e. The number of aliphatic carboxylic acids is 1. The number of benzene rings is 1. The molecule has 0 aromatic heterocycles. The number of rotatable bonds is 9. The van der Waals surface area contributed by atoms with Crippen molar-refractivity contribution in [1.29, 1.82) is 0 Å². The molecule has 1 aromatic carbocycles. The molecule has 2 rings (SSSR count). The number of likely N-dealkylation sites (tertiary alicyclic amines) is 1. The summed E-state index contributed by atoms with van der Waals surface area (Å²) in [7, 11) is 0. The predicted molar refractivity (Wildman–Crippen MR) is 141 cm³/mol. The third-order valence-corrected chi connectivity index (χ3v) is 6.59. The Labute approximate surface area is 220 Å². The molecule has 0 saturated carbocycles. The first-order valence-corrected chi connectivity index (χ1v) is 13.0. The van der Waals surface area contributed by atoms with Crippen LogP contribution in [0.25, 0.3) is 0 Å². The van der Waals surface area contributed by atoms with Gasteiger partial charge in [-0.1, -0.05) is 58.0 Å². The van der Waals surface area contributed by atoms with E-state index in [0.29, 0.717) is 32.4 Å². The molecule has 2 atom stereocenters. The molecule has 1 aliphatic heterocycles. The number of carboxylic acid groups (broad SMARTS) is 1. The highest BCUT2D eigenvalue weighted by atomic mass is 16.6. The molecule has 1 heterocycles. The fourth-order valence-electron chi connectivity index (χ4n) is 4.57. The predicted octanol–water partition coefficient (Wildman–Crippen LogP) is 3.71. The van der Waals surface area contributed by atoms with Crippen LogP contribution in [0.5, 0.6) is 0 Å². The van der Waals surface area contributed by atoms with Gasteiger partial charge in [0.15, 0.2) is 0 Å². The molecule has 0 unspecified atom stereocenters. The highest BCUT2D eigenvalue weighted by Gasteiger charge is 2.45. The molecule has 37 heavy (non-hydrogen) atoms. The summed E-state index contributed by atoms with van der Waals surface area (Å²) in [5.41, 5.74) is -0.756. The zero-order chi connectivity index (χ0) is 28.0. The number of ether oxygens (including phenoxy) is 1.